The van der Waals surface area contributed by atoms with E-state index < -0.39 is 8.32 Å². The van der Waals surface area contributed by atoms with Gasteiger partial charge in [-0.25, -0.2) is 0 Å². The van der Waals surface area contributed by atoms with Crippen LogP contribution in [0.5, 0.6) is 0 Å². The molecule has 0 aromatic heterocycles. The summed E-state index contributed by atoms with van der Waals surface area (Å²) in [6.07, 6.45) is 3.02. The molecular formula is C14H23NOSi. The molecule has 1 N–H and O–H groups in total. The van der Waals surface area contributed by atoms with Crippen LogP contribution in [0.1, 0.15) is 12.0 Å². The highest BCUT2D eigenvalue weighted by atomic mass is 28.4. The smallest absolute Gasteiger partial charge is 0.186 e. The molecule has 3 heteroatoms. The van der Waals surface area contributed by atoms with E-state index in [0.717, 1.165) is 18.5 Å². The average Bonchev–Trinajstić information content (AvgIpc) is 2.35. The zero-order valence-electron chi connectivity index (χ0n) is 11.1. The first-order chi connectivity index (χ1) is 8.07. The molecule has 0 bridgehead atoms. The number of rotatable bonds is 7. The highest BCUT2D eigenvalue weighted by molar-refractivity contribution is 6.71. The third kappa shape index (κ3) is 5.19. The molecule has 0 saturated carbocycles. The lowest BCUT2D eigenvalue weighted by molar-refractivity contribution is 0.402. The summed E-state index contributed by atoms with van der Waals surface area (Å²) in [6, 6.07) is 9.53. The lowest BCUT2D eigenvalue weighted by Crippen LogP contribution is -2.28. The van der Waals surface area contributed by atoms with Crippen molar-refractivity contribution in [3.63, 3.8) is 0 Å². The largest absolute Gasteiger partial charge is 0.420 e. The Morgan fingerprint density at radius 3 is 2.47 bits per heavy atom. The Morgan fingerprint density at radius 1 is 1.29 bits per heavy atom. The molecule has 0 aliphatic heterocycles. The van der Waals surface area contributed by atoms with Crippen LogP contribution in [-0.4, -0.2) is 22.0 Å². The maximum atomic E-state index is 5.52. The van der Waals surface area contributed by atoms with Crippen LogP contribution in [0.25, 0.3) is 6.08 Å². The monoisotopic (exact) mass is 249 g/mol. The number of anilines is 1. The number of hydrogen-bond donors (Lipinski definition) is 1. The van der Waals surface area contributed by atoms with E-state index in [2.05, 4.69) is 49.3 Å². The van der Waals surface area contributed by atoms with E-state index in [-0.39, 0.29) is 0 Å². The second-order valence-electron chi connectivity index (χ2n) is 4.82. The molecule has 0 radical (unpaired) electrons. The van der Waals surface area contributed by atoms with E-state index in [1.807, 2.05) is 13.2 Å². The quantitative estimate of drug-likeness (QED) is 0.583. The third-order valence-corrected chi connectivity index (χ3v) is 5.65. The van der Waals surface area contributed by atoms with E-state index in [1.165, 1.54) is 11.7 Å². The molecule has 2 nitrogen and oxygen atoms in total. The molecule has 0 amide bonds. The average molecular weight is 249 g/mol. The predicted octanol–water partition coefficient (Wildman–Crippen LogP) is 3.98. The van der Waals surface area contributed by atoms with Crippen LogP contribution in [0, 0.1) is 0 Å². The molecule has 94 valence electrons. The molecule has 17 heavy (non-hydrogen) atoms. The minimum atomic E-state index is -1.38. The first-order valence-corrected chi connectivity index (χ1v) is 9.20. The van der Waals surface area contributed by atoms with Crippen molar-refractivity contribution in [3.8, 4) is 0 Å². The molecule has 0 aliphatic rings. The second kappa shape index (κ2) is 6.62. The van der Waals surface area contributed by atoms with Gasteiger partial charge in [0.05, 0.1) is 0 Å². The number of nitrogens with one attached hydrogen (secondary N) is 1. The standard InChI is InChI=1S/C14H23NOSi/c1-5-13-7-9-14(10-8-13)15-11-6-12-17(3,4)16-2/h5,7-10,15H,1,6,11-12H2,2-4H3. The van der Waals surface area contributed by atoms with Crippen LogP contribution >= 0.6 is 0 Å². The van der Waals surface area contributed by atoms with Gasteiger partial charge >= 0.3 is 0 Å². The molecule has 0 saturated heterocycles. The summed E-state index contributed by atoms with van der Waals surface area (Å²) >= 11 is 0. The summed E-state index contributed by atoms with van der Waals surface area (Å²) in [5.41, 5.74) is 2.33. The van der Waals surface area contributed by atoms with E-state index in [9.17, 15) is 0 Å². The normalized spacial score (nSPS) is 11.2. The minimum absolute atomic E-state index is 1.01. The van der Waals surface area contributed by atoms with Gasteiger partial charge in [-0.15, -0.1) is 0 Å². The zero-order valence-corrected chi connectivity index (χ0v) is 12.1. The van der Waals surface area contributed by atoms with Crippen LogP contribution in [-0.2, 0) is 4.43 Å². The van der Waals surface area contributed by atoms with Crippen LogP contribution < -0.4 is 5.32 Å². The van der Waals surface area contributed by atoms with Crippen LogP contribution in [0.3, 0.4) is 0 Å². The molecule has 1 aromatic carbocycles. The van der Waals surface area contributed by atoms with Gasteiger partial charge in [0.25, 0.3) is 0 Å². The minimum Gasteiger partial charge on any atom is -0.420 e. The fourth-order valence-electron chi connectivity index (χ4n) is 1.59. The van der Waals surface area contributed by atoms with Gasteiger partial charge in [-0.2, -0.15) is 0 Å². The van der Waals surface area contributed by atoms with Crippen molar-refractivity contribution in [2.45, 2.75) is 25.6 Å². The molecule has 0 atom stereocenters. The molecule has 1 rings (SSSR count). The third-order valence-electron chi connectivity index (χ3n) is 2.98. The summed E-state index contributed by atoms with van der Waals surface area (Å²) in [5, 5.41) is 3.42. The lowest BCUT2D eigenvalue weighted by Gasteiger charge is -2.19. The Labute approximate surface area is 106 Å². The molecule has 0 heterocycles. The number of benzene rings is 1. The van der Waals surface area contributed by atoms with Gasteiger partial charge in [0.2, 0.25) is 0 Å². The molecular weight excluding hydrogens is 226 g/mol. The second-order valence-corrected chi connectivity index (χ2v) is 9.25. The van der Waals surface area contributed by atoms with Gasteiger partial charge in [-0.1, -0.05) is 24.8 Å². The van der Waals surface area contributed by atoms with Gasteiger partial charge < -0.3 is 9.74 Å². The summed E-state index contributed by atoms with van der Waals surface area (Å²) in [4.78, 5) is 0. The Balaban J connectivity index is 2.28. The van der Waals surface area contributed by atoms with Crippen LogP contribution in [0.2, 0.25) is 19.1 Å². The van der Waals surface area contributed by atoms with E-state index in [0.29, 0.717) is 0 Å². The molecule has 0 fully saturated rings. The topological polar surface area (TPSA) is 21.3 Å². The number of hydrogen-bond acceptors (Lipinski definition) is 2. The van der Waals surface area contributed by atoms with Gasteiger partial charge in [-0.05, 0) is 43.3 Å². The van der Waals surface area contributed by atoms with Crippen molar-refractivity contribution in [1.29, 1.82) is 0 Å². The van der Waals surface area contributed by atoms with Crippen molar-refractivity contribution < 1.29 is 4.43 Å². The Bertz CT molecular complexity index is 346. The van der Waals surface area contributed by atoms with Crippen molar-refractivity contribution in [2.24, 2.45) is 0 Å². The Morgan fingerprint density at radius 2 is 1.94 bits per heavy atom. The van der Waals surface area contributed by atoms with E-state index >= 15 is 0 Å². The maximum Gasteiger partial charge on any atom is 0.186 e. The summed E-state index contributed by atoms with van der Waals surface area (Å²) < 4.78 is 5.52. The molecule has 0 spiro atoms. The fourth-order valence-corrected chi connectivity index (χ4v) is 2.82. The maximum absolute atomic E-state index is 5.52. The fraction of sp³-hybridized carbons (Fsp3) is 0.429. The molecule has 0 aliphatic carbocycles. The van der Waals surface area contributed by atoms with Crippen molar-refractivity contribution in [2.75, 3.05) is 19.0 Å². The zero-order chi connectivity index (χ0) is 12.7. The molecule has 1 aromatic rings. The lowest BCUT2D eigenvalue weighted by atomic mass is 10.2. The molecule has 0 unspecified atom stereocenters. The highest BCUT2D eigenvalue weighted by Gasteiger charge is 2.19. The van der Waals surface area contributed by atoms with E-state index in [1.54, 1.807) is 0 Å². The Kier molecular flexibility index (Phi) is 5.45. The van der Waals surface area contributed by atoms with Crippen molar-refractivity contribution in [1.82, 2.24) is 0 Å². The highest BCUT2D eigenvalue weighted by Crippen LogP contribution is 2.14. The van der Waals surface area contributed by atoms with E-state index in [4.69, 9.17) is 4.43 Å². The summed E-state index contributed by atoms with van der Waals surface area (Å²) in [7, 11) is 0.444. The predicted molar refractivity (Wildman–Crippen MR) is 78.9 cm³/mol. The Hall–Kier alpha value is -1.06. The van der Waals surface area contributed by atoms with Crippen LogP contribution in [0.4, 0.5) is 5.69 Å². The summed E-state index contributed by atoms with van der Waals surface area (Å²) in [5.74, 6) is 0. The SMILES string of the molecule is C=Cc1ccc(NCCC[Si](C)(C)OC)cc1. The first kappa shape index (κ1) is 14.0. The van der Waals surface area contributed by atoms with Gasteiger partial charge in [-0.3, -0.25) is 0 Å². The van der Waals surface area contributed by atoms with Crippen molar-refractivity contribution in [3.05, 3.63) is 36.4 Å². The summed E-state index contributed by atoms with van der Waals surface area (Å²) in [6.45, 7) is 9.26. The van der Waals surface area contributed by atoms with Crippen LogP contribution in [0.15, 0.2) is 30.8 Å². The van der Waals surface area contributed by atoms with Gasteiger partial charge in [0, 0.05) is 19.3 Å². The first-order valence-electron chi connectivity index (χ1n) is 6.09. The van der Waals surface area contributed by atoms with Crippen molar-refractivity contribution >= 4 is 20.1 Å². The van der Waals surface area contributed by atoms with Gasteiger partial charge in [0.1, 0.15) is 0 Å². The van der Waals surface area contributed by atoms with Gasteiger partial charge in [0.15, 0.2) is 8.32 Å².